The van der Waals surface area contributed by atoms with Crippen molar-refractivity contribution in [3.8, 4) is 0 Å². The fourth-order valence-corrected chi connectivity index (χ4v) is 2.19. The Morgan fingerprint density at radius 1 is 1.17 bits per heavy atom. The maximum absolute atomic E-state index is 4.48. The Hall–Kier alpha value is -2.20. The van der Waals surface area contributed by atoms with Crippen LogP contribution in [0, 0.1) is 0 Å². The molecule has 2 heterocycles. The van der Waals surface area contributed by atoms with Crippen LogP contribution in [-0.2, 0) is 0 Å². The van der Waals surface area contributed by atoms with E-state index in [0.717, 1.165) is 11.4 Å². The number of aliphatic imine (C=N–C) groups is 1. The number of hydrogen-bond donors (Lipinski definition) is 1. The van der Waals surface area contributed by atoms with Crippen LogP contribution in [0.5, 0.6) is 0 Å². The van der Waals surface area contributed by atoms with Crippen LogP contribution in [-0.4, -0.2) is 18.4 Å². The van der Waals surface area contributed by atoms with Gasteiger partial charge in [0.05, 0.1) is 23.9 Å². The Morgan fingerprint density at radius 2 is 2.06 bits per heavy atom. The molecule has 4 nitrogen and oxygen atoms in total. The van der Waals surface area contributed by atoms with Crippen molar-refractivity contribution in [2.24, 2.45) is 4.99 Å². The summed E-state index contributed by atoms with van der Waals surface area (Å²) in [4.78, 5) is 10.7. The number of pyridine rings is 1. The lowest BCUT2D eigenvalue weighted by atomic mass is 10.1. The second kappa shape index (κ2) is 4.58. The van der Waals surface area contributed by atoms with Crippen LogP contribution in [0.3, 0.4) is 0 Å². The first-order valence-electron chi connectivity index (χ1n) is 5.89. The van der Waals surface area contributed by atoms with Crippen molar-refractivity contribution in [1.82, 2.24) is 10.3 Å². The third-order valence-electron chi connectivity index (χ3n) is 3.05. The van der Waals surface area contributed by atoms with Gasteiger partial charge in [0.1, 0.15) is 6.17 Å². The van der Waals surface area contributed by atoms with E-state index < -0.39 is 0 Å². The number of aromatic nitrogens is 1. The Bertz CT molecular complexity index is 565. The molecule has 0 spiro atoms. The lowest BCUT2D eigenvalue weighted by molar-refractivity contribution is 0.612. The SMILES string of the molecule is CNC1c2ccccc2N=CN1c1cccnc1. The largest absolute Gasteiger partial charge is 0.310 e. The standard InChI is InChI=1S/C14H14N4/c1-15-14-12-6-2-3-7-13(12)17-10-18(14)11-5-4-8-16-9-11/h2-10,14-15H,1H3. The molecule has 1 aliphatic heterocycles. The lowest BCUT2D eigenvalue weighted by Gasteiger charge is -2.33. The molecule has 3 rings (SSSR count). The summed E-state index contributed by atoms with van der Waals surface area (Å²) in [5, 5.41) is 3.32. The molecule has 0 saturated heterocycles. The quantitative estimate of drug-likeness (QED) is 0.873. The second-order valence-corrected chi connectivity index (χ2v) is 4.11. The van der Waals surface area contributed by atoms with E-state index in [-0.39, 0.29) is 6.17 Å². The summed E-state index contributed by atoms with van der Waals surface area (Å²) in [6.07, 6.45) is 5.54. The molecule has 18 heavy (non-hydrogen) atoms. The maximum atomic E-state index is 4.48. The van der Waals surface area contributed by atoms with E-state index in [2.05, 4.69) is 26.3 Å². The highest BCUT2D eigenvalue weighted by Gasteiger charge is 2.23. The third kappa shape index (κ3) is 1.76. The molecule has 0 aliphatic carbocycles. The first-order chi connectivity index (χ1) is 8.90. The molecule has 0 radical (unpaired) electrons. The van der Waals surface area contributed by atoms with Crippen molar-refractivity contribution in [2.45, 2.75) is 6.17 Å². The third-order valence-corrected chi connectivity index (χ3v) is 3.05. The predicted octanol–water partition coefficient (Wildman–Crippen LogP) is 2.48. The zero-order valence-electron chi connectivity index (χ0n) is 10.1. The van der Waals surface area contributed by atoms with Crippen LogP contribution in [0.1, 0.15) is 11.7 Å². The van der Waals surface area contributed by atoms with E-state index in [1.165, 1.54) is 5.56 Å². The van der Waals surface area contributed by atoms with Gasteiger partial charge in [-0.1, -0.05) is 18.2 Å². The molecule has 4 heteroatoms. The molecule has 0 fully saturated rings. The maximum Gasteiger partial charge on any atom is 0.113 e. The van der Waals surface area contributed by atoms with Crippen molar-refractivity contribution >= 4 is 17.7 Å². The number of para-hydroxylation sites is 1. The summed E-state index contributed by atoms with van der Waals surface area (Å²) >= 11 is 0. The minimum Gasteiger partial charge on any atom is -0.310 e. The van der Waals surface area contributed by atoms with E-state index in [0.29, 0.717) is 0 Å². The summed E-state index contributed by atoms with van der Waals surface area (Å²) in [5.74, 6) is 0. The van der Waals surface area contributed by atoms with Crippen molar-refractivity contribution in [2.75, 3.05) is 11.9 Å². The minimum atomic E-state index is 0.0860. The van der Waals surface area contributed by atoms with Crippen LogP contribution in [0.15, 0.2) is 53.8 Å². The summed E-state index contributed by atoms with van der Waals surface area (Å²) in [5.41, 5.74) is 3.21. The van der Waals surface area contributed by atoms with Crippen LogP contribution in [0.25, 0.3) is 0 Å². The molecule has 90 valence electrons. The van der Waals surface area contributed by atoms with Crippen LogP contribution < -0.4 is 10.2 Å². The zero-order valence-corrected chi connectivity index (χ0v) is 10.1. The fraction of sp³-hybridized carbons (Fsp3) is 0.143. The highest BCUT2D eigenvalue weighted by atomic mass is 15.3. The normalized spacial score (nSPS) is 17.6. The van der Waals surface area contributed by atoms with Gasteiger partial charge in [-0.25, -0.2) is 4.99 Å². The van der Waals surface area contributed by atoms with E-state index in [1.807, 2.05) is 49.9 Å². The van der Waals surface area contributed by atoms with Crippen molar-refractivity contribution in [3.63, 3.8) is 0 Å². The Kier molecular flexibility index (Phi) is 2.78. The second-order valence-electron chi connectivity index (χ2n) is 4.11. The number of anilines is 1. The molecule has 1 atom stereocenters. The molecule has 1 aliphatic rings. The monoisotopic (exact) mass is 238 g/mol. The van der Waals surface area contributed by atoms with Gasteiger partial charge in [-0.2, -0.15) is 0 Å². The zero-order chi connectivity index (χ0) is 12.4. The average Bonchev–Trinajstić information content (AvgIpc) is 2.47. The van der Waals surface area contributed by atoms with Crippen LogP contribution in [0.4, 0.5) is 11.4 Å². The smallest absolute Gasteiger partial charge is 0.113 e. The van der Waals surface area contributed by atoms with Gasteiger partial charge in [-0.15, -0.1) is 0 Å². The molecule has 1 N–H and O–H groups in total. The molecule has 1 aromatic carbocycles. The Balaban J connectivity index is 2.05. The predicted molar refractivity (Wildman–Crippen MR) is 73.1 cm³/mol. The highest BCUT2D eigenvalue weighted by molar-refractivity contribution is 5.85. The molecule has 1 aromatic heterocycles. The van der Waals surface area contributed by atoms with E-state index in [1.54, 1.807) is 6.20 Å². The highest BCUT2D eigenvalue weighted by Crippen LogP contribution is 2.33. The summed E-state index contributed by atoms with van der Waals surface area (Å²) < 4.78 is 0. The molecule has 1 unspecified atom stereocenters. The van der Waals surface area contributed by atoms with Crippen LogP contribution in [0.2, 0.25) is 0 Å². The number of benzene rings is 1. The fourth-order valence-electron chi connectivity index (χ4n) is 2.19. The molecule has 0 amide bonds. The summed E-state index contributed by atoms with van der Waals surface area (Å²) in [6.45, 7) is 0. The molecule has 0 bridgehead atoms. The summed E-state index contributed by atoms with van der Waals surface area (Å²) in [7, 11) is 1.95. The van der Waals surface area contributed by atoms with E-state index in [9.17, 15) is 0 Å². The first kappa shape index (κ1) is 10.9. The van der Waals surface area contributed by atoms with Gasteiger partial charge < -0.3 is 4.90 Å². The van der Waals surface area contributed by atoms with E-state index >= 15 is 0 Å². The van der Waals surface area contributed by atoms with Gasteiger partial charge in [-0.05, 0) is 25.2 Å². The van der Waals surface area contributed by atoms with Crippen molar-refractivity contribution in [3.05, 3.63) is 54.4 Å². The topological polar surface area (TPSA) is 40.5 Å². The molecule has 2 aromatic rings. The number of hydrogen-bond acceptors (Lipinski definition) is 4. The minimum absolute atomic E-state index is 0.0860. The average molecular weight is 238 g/mol. The van der Waals surface area contributed by atoms with Crippen LogP contribution >= 0.6 is 0 Å². The number of fused-ring (bicyclic) bond motifs is 1. The number of nitrogens with zero attached hydrogens (tertiary/aromatic N) is 3. The van der Waals surface area contributed by atoms with Gasteiger partial charge >= 0.3 is 0 Å². The van der Waals surface area contributed by atoms with Crippen molar-refractivity contribution in [1.29, 1.82) is 0 Å². The molecular formula is C14H14N4. The van der Waals surface area contributed by atoms with Gasteiger partial charge in [-0.3, -0.25) is 10.3 Å². The Morgan fingerprint density at radius 3 is 2.83 bits per heavy atom. The van der Waals surface area contributed by atoms with Gasteiger partial charge in [0.2, 0.25) is 0 Å². The Labute approximate surface area is 106 Å². The number of nitrogens with one attached hydrogen (secondary N) is 1. The van der Waals surface area contributed by atoms with Gasteiger partial charge in [0.25, 0.3) is 0 Å². The summed E-state index contributed by atoms with van der Waals surface area (Å²) in [6, 6.07) is 12.1. The lowest BCUT2D eigenvalue weighted by Crippen LogP contribution is -2.37. The van der Waals surface area contributed by atoms with Gasteiger partial charge in [0.15, 0.2) is 0 Å². The van der Waals surface area contributed by atoms with Gasteiger partial charge in [0, 0.05) is 11.8 Å². The first-order valence-corrected chi connectivity index (χ1v) is 5.89. The molecular weight excluding hydrogens is 224 g/mol. The number of rotatable bonds is 2. The molecule has 0 saturated carbocycles. The van der Waals surface area contributed by atoms with Crippen molar-refractivity contribution < 1.29 is 0 Å². The van der Waals surface area contributed by atoms with E-state index in [4.69, 9.17) is 0 Å².